The van der Waals surface area contributed by atoms with Gasteiger partial charge in [-0.25, -0.2) is 4.79 Å². The summed E-state index contributed by atoms with van der Waals surface area (Å²) in [6, 6.07) is 11.9. The fraction of sp³-hybridized carbons (Fsp3) is 0.375. The second-order valence-corrected chi connectivity index (χ2v) is 9.90. The van der Waals surface area contributed by atoms with Crippen molar-refractivity contribution >= 4 is 52.4 Å². The fourth-order valence-corrected chi connectivity index (χ4v) is 5.84. The van der Waals surface area contributed by atoms with Crippen LogP contribution < -0.4 is 25.8 Å². The van der Waals surface area contributed by atoms with E-state index in [0.717, 1.165) is 52.6 Å². The molecule has 6 rings (SSSR count). The van der Waals surface area contributed by atoms with Gasteiger partial charge in [0.25, 0.3) is 0 Å². The zero-order chi connectivity index (χ0) is 23.2. The predicted octanol–water partition coefficient (Wildman–Crippen LogP) is 2.94. The van der Waals surface area contributed by atoms with Crippen molar-refractivity contribution in [3.63, 3.8) is 0 Å². The number of nitrogens with zero attached hydrogens (tertiary/aromatic N) is 2. The van der Waals surface area contributed by atoms with Crippen LogP contribution in [0.3, 0.4) is 0 Å². The molecule has 1 fully saturated rings. The van der Waals surface area contributed by atoms with E-state index in [1.54, 1.807) is 4.90 Å². The largest absolute Gasteiger partial charge is 0.444 e. The van der Waals surface area contributed by atoms with E-state index in [4.69, 9.17) is 4.74 Å². The van der Waals surface area contributed by atoms with Gasteiger partial charge in [-0.1, -0.05) is 12.1 Å². The van der Waals surface area contributed by atoms with Gasteiger partial charge in [-0.3, -0.25) is 14.5 Å². The van der Waals surface area contributed by atoms with Crippen molar-refractivity contribution in [2.75, 3.05) is 52.4 Å². The lowest BCUT2D eigenvalue weighted by Gasteiger charge is -2.26. The van der Waals surface area contributed by atoms with Crippen LogP contribution in [0.5, 0.6) is 0 Å². The summed E-state index contributed by atoms with van der Waals surface area (Å²) in [6.45, 7) is 2.23. The maximum Gasteiger partial charge on any atom is 0.414 e. The Labute approximate surface area is 201 Å². The monoisotopic (exact) mass is 479 g/mol. The van der Waals surface area contributed by atoms with Gasteiger partial charge < -0.3 is 25.6 Å². The molecule has 9 nitrogen and oxygen atoms in total. The van der Waals surface area contributed by atoms with Gasteiger partial charge in [0.15, 0.2) is 0 Å². The average Bonchev–Trinajstić information content (AvgIpc) is 3.40. The lowest BCUT2D eigenvalue weighted by atomic mass is 10.1. The molecule has 0 aliphatic carbocycles. The lowest BCUT2D eigenvalue weighted by molar-refractivity contribution is -0.117. The van der Waals surface area contributed by atoms with Gasteiger partial charge in [-0.2, -0.15) is 0 Å². The van der Waals surface area contributed by atoms with Crippen molar-refractivity contribution in [3.8, 4) is 0 Å². The Morgan fingerprint density at radius 3 is 2.91 bits per heavy atom. The summed E-state index contributed by atoms with van der Waals surface area (Å²) >= 11 is 1.50. The molecule has 4 aliphatic heterocycles. The number of hydrogen-bond donors (Lipinski definition) is 3. The minimum Gasteiger partial charge on any atom is -0.444 e. The highest BCUT2D eigenvalue weighted by atomic mass is 32.2. The van der Waals surface area contributed by atoms with Crippen molar-refractivity contribution in [2.45, 2.75) is 29.9 Å². The molecule has 4 aliphatic rings. The molecule has 0 saturated carbocycles. The SMILES string of the molecule is O=C1CSc2ccc(N3C[C@@H](CCCN[C@@H]4CN5C(=O)CNc6cccc4c65)OC3=O)cc2N1. The van der Waals surface area contributed by atoms with E-state index < -0.39 is 0 Å². The Morgan fingerprint density at radius 1 is 1.09 bits per heavy atom. The number of para-hydroxylation sites is 1. The van der Waals surface area contributed by atoms with E-state index in [1.165, 1.54) is 11.8 Å². The zero-order valence-corrected chi connectivity index (χ0v) is 19.3. The van der Waals surface area contributed by atoms with Crippen molar-refractivity contribution < 1.29 is 19.1 Å². The summed E-state index contributed by atoms with van der Waals surface area (Å²) in [4.78, 5) is 41.0. The molecule has 3 amide bonds. The summed E-state index contributed by atoms with van der Waals surface area (Å²) in [5.41, 5.74) is 4.63. The van der Waals surface area contributed by atoms with Crippen molar-refractivity contribution in [1.82, 2.24) is 5.32 Å². The first-order valence-electron chi connectivity index (χ1n) is 11.5. The van der Waals surface area contributed by atoms with Gasteiger partial charge in [-0.05, 0) is 49.2 Å². The number of fused-ring (bicyclic) bond motifs is 1. The van der Waals surface area contributed by atoms with Crippen LogP contribution in [0, 0.1) is 0 Å². The number of ether oxygens (including phenoxy) is 1. The Kier molecular flexibility index (Phi) is 5.34. The zero-order valence-electron chi connectivity index (χ0n) is 18.5. The smallest absolute Gasteiger partial charge is 0.414 e. The van der Waals surface area contributed by atoms with Gasteiger partial charge in [0.2, 0.25) is 11.8 Å². The van der Waals surface area contributed by atoms with E-state index in [-0.39, 0.29) is 30.1 Å². The average molecular weight is 480 g/mol. The number of carbonyl (C=O) groups is 3. The summed E-state index contributed by atoms with van der Waals surface area (Å²) in [7, 11) is 0. The number of nitrogens with one attached hydrogen (secondary N) is 3. The minimum absolute atomic E-state index is 0.0319. The maximum absolute atomic E-state index is 12.5. The third kappa shape index (κ3) is 3.76. The molecule has 0 radical (unpaired) electrons. The number of carbonyl (C=O) groups excluding carboxylic acids is 3. The predicted molar refractivity (Wildman–Crippen MR) is 131 cm³/mol. The molecule has 2 aromatic carbocycles. The topological polar surface area (TPSA) is 103 Å². The Balaban J connectivity index is 1.03. The highest BCUT2D eigenvalue weighted by Gasteiger charge is 2.37. The van der Waals surface area contributed by atoms with E-state index >= 15 is 0 Å². The summed E-state index contributed by atoms with van der Waals surface area (Å²) < 4.78 is 5.60. The number of hydrogen-bond acceptors (Lipinski definition) is 7. The quantitative estimate of drug-likeness (QED) is 0.548. The van der Waals surface area contributed by atoms with Gasteiger partial charge in [0.05, 0.1) is 41.9 Å². The second kappa shape index (κ2) is 8.52. The van der Waals surface area contributed by atoms with Crippen LogP contribution in [0.1, 0.15) is 24.4 Å². The minimum atomic E-state index is -0.356. The molecule has 0 spiro atoms. The van der Waals surface area contributed by atoms with Gasteiger partial charge in [-0.15, -0.1) is 11.8 Å². The van der Waals surface area contributed by atoms with Gasteiger partial charge >= 0.3 is 6.09 Å². The number of rotatable bonds is 6. The fourth-order valence-electron chi connectivity index (χ4n) is 5.05. The van der Waals surface area contributed by atoms with Crippen LogP contribution in [0.2, 0.25) is 0 Å². The van der Waals surface area contributed by atoms with Crippen molar-refractivity contribution in [2.24, 2.45) is 0 Å². The molecular formula is C24H25N5O4S. The first-order valence-corrected chi connectivity index (χ1v) is 12.5. The summed E-state index contributed by atoms with van der Waals surface area (Å²) in [5, 5.41) is 9.64. The maximum atomic E-state index is 12.5. The Bertz CT molecular complexity index is 1190. The van der Waals surface area contributed by atoms with E-state index in [2.05, 4.69) is 22.0 Å². The molecule has 0 aromatic heterocycles. The molecule has 2 aromatic rings. The van der Waals surface area contributed by atoms with Crippen LogP contribution in [-0.2, 0) is 14.3 Å². The first kappa shape index (κ1) is 21.3. The van der Waals surface area contributed by atoms with E-state index in [9.17, 15) is 14.4 Å². The summed E-state index contributed by atoms with van der Waals surface area (Å²) in [5.74, 6) is 0.477. The molecule has 0 bridgehead atoms. The number of thioether (sulfide) groups is 1. The molecule has 34 heavy (non-hydrogen) atoms. The first-order chi connectivity index (χ1) is 16.6. The van der Waals surface area contributed by atoms with Crippen LogP contribution >= 0.6 is 11.8 Å². The van der Waals surface area contributed by atoms with E-state index in [0.29, 0.717) is 25.4 Å². The lowest BCUT2D eigenvalue weighted by Crippen LogP contribution is -2.39. The van der Waals surface area contributed by atoms with Crippen LogP contribution in [0.25, 0.3) is 0 Å². The Morgan fingerprint density at radius 2 is 2.00 bits per heavy atom. The normalized spacial score (nSPS) is 22.8. The van der Waals surface area contributed by atoms with Gasteiger partial charge in [0, 0.05) is 17.1 Å². The number of anilines is 4. The third-order valence-electron chi connectivity index (χ3n) is 6.68. The van der Waals surface area contributed by atoms with Crippen molar-refractivity contribution in [3.05, 3.63) is 42.0 Å². The summed E-state index contributed by atoms with van der Waals surface area (Å²) in [6.07, 6.45) is 1.06. The molecule has 2 atom stereocenters. The molecule has 4 heterocycles. The van der Waals surface area contributed by atoms with Crippen LogP contribution in [0.15, 0.2) is 41.3 Å². The van der Waals surface area contributed by atoms with Gasteiger partial charge in [0.1, 0.15) is 6.10 Å². The third-order valence-corrected chi connectivity index (χ3v) is 7.76. The number of amides is 3. The molecule has 3 N–H and O–H groups in total. The number of benzene rings is 2. The highest BCUT2D eigenvalue weighted by molar-refractivity contribution is 8.00. The number of cyclic esters (lactones) is 1. The standard InChI is InChI=1S/C24H25N5O4S/c30-21-13-34-20-7-6-14(9-18(20)27-21)28-11-15(33-24(28)32)3-2-8-25-19-12-29-22(31)10-26-17-5-1-4-16(19)23(17)29/h1,4-7,9,15,19,25-26H,2-3,8,10-13H2,(H,27,30)/t15-,19-/m1/s1. The van der Waals surface area contributed by atoms with Crippen LogP contribution in [0.4, 0.5) is 27.5 Å². The molecular weight excluding hydrogens is 454 g/mol. The molecule has 0 unspecified atom stereocenters. The Hall–Kier alpha value is -3.24. The van der Waals surface area contributed by atoms with Crippen LogP contribution in [-0.4, -0.2) is 55.9 Å². The molecule has 176 valence electrons. The van der Waals surface area contributed by atoms with E-state index in [1.807, 2.05) is 35.2 Å². The van der Waals surface area contributed by atoms with Crippen molar-refractivity contribution in [1.29, 1.82) is 0 Å². The molecule has 1 saturated heterocycles. The molecule has 10 heteroatoms. The highest BCUT2D eigenvalue weighted by Crippen LogP contribution is 2.42. The second-order valence-electron chi connectivity index (χ2n) is 8.88.